The van der Waals surface area contributed by atoms with E-state index in [9.17, 15) is 23.4 Å². The number of carboxylic acid groups (broad SMARTS) is 1. The van der Waals surface area contributed by atoms with Gasteiger partial charge in [-0.2, -0.15) is 0 Å². The number of carbonyl (C=O) groups excluding carboxylic acids is 1. The molecule has 0 fully saturated rings. The number of phenols is 1. The van der Waals surface area contributed by atoms with Crippen LogP contribution in [0.5, 0.6) is 5.75 Å². The Balaban J connectivity index is 0.00000364. The summed E-state index contributed by atoms with van der Waals surface area (Å²) in [6.45, 7) is 3.68. The van der Waals surface area contributed by atoms with Crippen molar-refractivity contribution in [3.05, 3.63) is 48.0 Å². The van der Waals surface area contributed by atoms with Crippen molar-refractivity contribution >= 4 is 27.4 Å². The minimum absolute atomic E-state index is 0. The van der Waals surface area contributed by atoms with Crippen LogP contribution in [0, 0.1) is 0 Å². The van der Waals surface area contributed by atoms with Crippen LogP contribution in [-0.2, 0) is 10.0 Å². The van der Waals surface area contributed by atoms with E-state index >= 15 is 0 Å². The summed E-state index contributed by atoms with van der Waals surface area (Å²) < 4.78 is 27.0. The number of carbonyl (C=O) groups is 1. The molecule has 10 heteroatoms. The number of benzene rings is 2. The molecule has 2 aromatic carbocycles. The van der Waals surface area contributed by atoms with Crippen molar-refractivity contribution in [1.82, 2.24) is 4.72 Å². The van der Waals surface area contributed by atoms with Gasteiger partial charge in [-0.1, -0.05) is 6.92 Å². The van der Waals surface area contributed by atoms with Crippen LogP contribution in [0.2, 0.25) is 0 Å². The molecule has 0 amide bonds. The average Bonchev–Trinajstić information content (AvgIpc) is 2.60. The van der Waals surface area contributed by atoms with Gasteiger partial charge in [0.15, 0.2) is 0 Å². The Morgan fingerprint density at radius 1 is 1.11 bits per heavy atom. The molecule has 1 atom stereocenters. The average molecular weight is 401 g/mol. The summed E-state index contributed by atoms with van der Waals surface area (Å²) in [5, 5.41) is 20.3. The van der Waals surface area contributed by atoms with Crippen molar-refractivity contribution in [1.29, 1.82) is 0 Å². The number of anilines is 2. The molecule has 2 aromatic rings. The zero-order valence-electron chi connectivity index (χ0n) is 15.3. The number of hydrogen-bond donors (Lipinski definition) is 4. The maximum Gasteiger partial charge on any atom is 1.00 e. The first kappa shape index (κ1) is 23.3. The van der Waals surface area contributed by atoms with E-state index in [-0.39, 0.29) is 51.8 Å². The Bertz CT molecular complexity index is 888. The maximum atomic E-state index is 12.2. The predicted molar refractivity (Wildman–Crippen MR) is 96.2 cm³/mol. The Morgan fingerprint density at radius 3 is 2.22 bits per heavy atom. The predicted octanol–water partition coefficient (Wildman–Crippen LogP) is -1.72. The Labute approximate surface area is 180 Å². The third-order valence-corrected chi connectivity index (χ3v) is 5.31. The molecule has 0 heterocycles. The van der Waals surface area contributed by atoms with Gasteiger partial charge in [-0.25, -0.2) is 13.1 Å². The quantitative estimate of drug-likeness (QED) is 0.235. The van der Waals surface area contributed by atoms with Gasteiger partial charge in [-0.3, -0.25) is 0 Å². The molecule has 0 aromatic heterocycles. The molecule has 2 rings (SSSR count). The molecule has 0 bridgehead atoms. The van der Waals surface area contributed by atoms with E-state index in [1.165, 1.54) is 30.3 Å². The van der Waals surface area contributed by atoms with Crippen LogP contribution in [0.3, 0.4) is 0 Å². The Kier molecular flexibility index (Phi) is 8.58. The molecule has 0 aliphatic rings. The topological polar surface area (TPSA) is 131 Å². The van der Waals surface area contributed by atoms with Crippen molar-refractivity contribution in [3.63, 3.8) is 0 Å². The van der Waals surface area contributed by atoms with E-state index < -0.39 is 16.0 Å². The molecule has 0 saturated carbocycles. The van der Waals surface area contributed by atoms with Crippen LogP contribution in [0.25, 0.3) is 0 Å². The first-order chi connectivity index (χ1) is 12.2. The van der Waals surface area contributed by atoms with Gasteiger partial charge in [-0.05, 0) is 55.8 Å². The van der Waals surface area contributed by atoms with Crippen LogP contribution in [0.1, 0.15) is 30.6 Å². The zero-order valence-corrected chi connectivity index (χ0v) is 18.1. The standard InChI is InChI=1S/C17H21N3O5S.Na/c1-3-11(2)20-26(24,25)14-7-4-12(5-8-14)18-19-13-6-9-16(21)15(10-13)17(22)23;/h4-11,18-21H,3H2,1-2H3,(H,22,23);/q;+1/p-1. The van der Waals surface area contributed by atoms with Crippen LogP contribution in [0.15, 0.2) is 47.4 Å². The minimum atomic E-state index is -3.57. The summed E-state index contributed by atoms with van der Waals surface area (Å²) in [6, 6.07) is 9.81. The second-order valence-electron chi connectivity index (χ2n) is 5.72. The summed E-state index contributed by atoms with van der Waals surface area (Å²) in [5.41, 5.74) is 6.20. The Hall–Kier alpha value is -1.78. The van der Waals surface area contributed by atoms with Gasteiger partial charge in [0.1, 0.15) is 5.75 Å². The largest absolute Gasteiger partial charge is 1.00 e. The van der Waals surface area contributed by atoms with Crippen molar-refractivity contribution < 1.29 is 53.0 Å². The maximum absolute atomic E-state index is 12.2. The fourth-order valence-corrected chi connectivity index (χ4v) is 3.38. The van der Waals surface area contributed by atoms with Crippen LogP contribution in [-0.4, -0.2) is 25.5 Å². The Morgan fingerprint density at radius 2 is 1.67 bits per heavy atom. The molecular weight excluding hydrogens is 381 g/mol. The third-order valence-electron chi connectivity index (χ3n) is 3.70. The fraction of sp³-hybridized carbons (Fsp3) is 0.235. The van der Waals surface area contributed by atoms with E-state index in [0.29, 0.717) is 17.8 Å². The number of carboxylic acids is 1. The van der Waals surface area contributed by atoms with Gasteiger partial charge in [0.2, 0.25) is 10.0 Å². The van der Waals surface area contributed by atoms with Gasteiger partial charge < -0.3 is 25.9 Å². The minimum Gasteiger partial charge on any atom is -0.545 e. The number of hydrogen-bond acceptors (Lipinski definition) is 7. The number of sulfonamides is 1. The molecule has 27 heavy (non-hydrogen) atoms. The molecule has 1 unspecified atom stereocenters. The number of aromatic carboxylic acids is 1. The molecule has 8 nitrogen and oxygen atoms in total. The number of rotatable bonds is 8. The number of aromatic hydroxyl groups is 1. The monoisotopic (exact) mass is 401 g/mol. The van der Waals surface area contributed by atoms with E-state index in [1.54, 1.807) is 19.1 Å². The number of hydrazine groups is 1. The summed E-state index contributed by atoms with van der Waals surface area (Å²) in [5.74, 6) is -1.88. The fourth-order valence-electron chi connectivity index (χ4n) is 2.06. The summed E-state index contributed by atoms with van der Waals surface area (Å²) in [7, 11) is -3.57. The molecule has 0 spiro atoms. The zero-order chi connectivity index (χ0) is 19.3. The molecule has 4 N–H and O–H groups in total. The van der Waals surface area contributed by atoms with Gasteiger partial charge in [0.05, 0.1) is 22.2 Å². The first-order valence-corrected chi connectivity index (χ1v) is 9.40. The van der Waals surface area contributed by atoms with Gasteiger partial charge in [0, 0.05) is 11.6 Å². The summed E-state index contributed by atoms with van der Waals surface area (Å²) >= 11 is 0. The normalized spacial score (nSPS) is 11.9. The van der Waals surface area contributed by atoms with E-state index in [2.05, 4.69) is 15.6 Å². The van der Waals surface area contributed by atoms with Crippen molar-refractivity contribution in [3.8, 4) is 5.75 Å². The second-order valence-corrected chi connectivity index (χ2v) is 7.44. The smallest absolute Gasteiger partial charge is 0.545 e. The van der Waals surface area contributed by atoms with E-state index in [1.807, 2.05) is 6.92 Å². The van der Waals surface area contributed by atoms with E-state index in [4.69, 9.17) is 0 Å². The third kappa shape index (κ3) is 6.40. The van der Waals surface area contributed by atoms with E-state index in [0.717, 1.165) is 0 Å². The second kappa shape index (κ2) is 9.95. The first-order valence-electron chi connectivity index (χ1n) is 7.91. The molecule has 0 aliphatic heterocycles. The SMILES string of the molecule is CCC(C)NS(=O)(=O)c1ccc(NNc2ccc(O)c(C(=O)[O-])c2)cc1.[Na+]. The van der Waals surface area contributed by atoms with Gasteiger partial charge >= 0.3 is 29.6 Å². The van der Waals surface area contributed by atoms with Gasteiger partial charge in [0.25, 0.3) is 0 Å². The summed E-state index contributed by atoms with van der Waals surface area (Å²) in [6.07, 6.45) is 0.684. The van der Waals surface area contributed by atoms with Crippen molar-refractivity contribution in [2.45, 2.75) is 31.2 Å². The molecule has 140 valence electrons. The number of nitrogens with one attached hydrogen (secondary N) is 3. The molecule has 0 aliphatic carbocycles. The van der Waals surface area contributed by atoms with Crippen molar-refractivity contribution in [2.24, 2.45) is 0 Å². The molecular formula is C17H20N3NaO5S. The van der Waals surface area contributed by atoms with Crippen LogP contribution >= 0.6 is 0 Å². The van der Waals surface area contributed by atoms with Crippen LogP contribution < -0.4 is 50.2 Å². The van der Waals surface area contributed by atoms with Crippen LogP contribution in [0.4, 0.5) is 11.4 Å². The molecule has 0 saturated heterocycles. The van der Waals surface area contributed by atoms with Crippen molar-refractivity contribution in [2.75, 3.05) is 10.9 Å². The molecule has 0 radical (unpaired) electrons. The van der Waals surface area contributed by atoms with Gasteiger partial charge in [-0.15, -0.1) is 0 Å². The summed E-state index contributed by atoms with van der Waals surface area (Å²) in [4.78, 5) is 11.0.